The third-order valence-corrected chi connectivity index (χ3v) is 4.67. The van der Waals surface area contributed by atoms with Gasteiger partial charge in [0.25, 0.3) is 5.91 Å². The van der Waals surface area contributed by atoms with E-state index in [-0.39, 0.29) is 11.4 Å². The summed E-state index contributed by atoms with van der Waals surface area (Å²) in [6.07, 6.45) is 5.08. The highest BCUT2D eigenvalue weighted by Crippen LogP contribution is 2.34. The Morgan fingerprint density at radius 3 is 2.52 bits per heavy atom. The molecule has 1 aliphatic heterocycles. The van der Waals surface area contributed by atoms with Gasteiger partial charge in [-0.25, -0.2) is 0 Å². The number of benzene rings is 1. The average molecular weight is 331 g/mol. The lowest BCUT2D eigenvalue weighted by Crippen LogP contribution is -2.49. The van der Waals surface area contributed by atoms with Gasteiger partial charge >= 0.3 is 0 Å². The molecule has 3 heterocycles. The van der Waals surface area contributed by atoms with Gasteiger partial charge in [0.15, 0.2) is 0 Å². The second-order valence-electron chi connectivity index (χ2n) is 7.25. The SMILES string of the molecule is CC1(C)Cc2[nH]c(-c3ccncc3)c(Cc3ccccc3)c2C(=O)N1. The lowest BCUT2D eigenvalue weighted by molar-refractivity contribution is 0.0895. The van der Waals surface area contributed by atoms with Gasteiger partial charge in [0.1, 0.15) is 0 Å². The lowest BCUT2D eigenvalue weighted by atomic mass is 9.88. The number of carbonyl (C=O) groups excluding carboxylic acids is 1. The number of H-pyrrole nitrogens is 1. The van der Waals surface area contributed by atoms with Crippen LogP contribution in [0.3, 0.4) is 0 Å². The van der Waals surface area contributed by atoms with Crippen molar-refractivity contribution in [2.75, 3.05) is 0 Å². The molecule has 4 rings (SSSR count). The summed E-state index contributed by atoms with van der Waals surface area (Å²) in [5.74, 6) is 0.00809. The standard InChI is InChI=1S/C21H21N3O/c1-21(2)13-17-18(20(25)24-21)16(12-14-6-4-3-5-7-14)19(23-17)15-8-10-22-11-9-15/h3-11,23H,12-13H2,1-2H3,(H,24,25). The highest BCUT2D eigenvalue weighted by atomic mass is 16.1. The molecule has 0 atom stereocenters. The van der Waals surface area contributed by atoms with Crippen LogP contribution in [-0.4, -0.2) is 21.4 Å². The summed E-state index contributed by atoms with van der Waals surface area (Å²) in [6.45, 7) is 4.11. The first-order valence-corrected chi connectivity index (χ1v) is 8.54. The number of aromatic amines is 1. The van der Waals surface area contributed by atoms with Crippen LogP contribution in [0.25, 0.3) is 11.3 Å². The molecule has 25 heavy (non-hydrogen) atoms. The summed E-state index contributed by atoms with van der Waals surface area (Å²) < 4.78 is 0. The van der Waals surface area contributed by atoms with Gasteiger partial charge in [-0.1, -0.05) is 30.3 Å². The van der Waals surface area contributed by atoms with Crippen LogP contribution in [0.1, 0.15) is 41.0 Å². The minimum Gasteiger partial charge on any atom is -0.357 e. The molecule has 1 aromatic carbocycles. The first-order valence-electron chi connectivity index (χ1n) is 8.54. The molecule has 0 saturated carbocycles. The molecular formula is C21H21N3O. The van der Waals surface area contributed by atoms with E-state index < -0.39 is 0 Å². The second kappa shape index (κ2) is 5.88. The zero-order valence-corrected chi connectivity index (χ0v) is 14.5. The molecule has 126 valence electrons. The van der Waals surface area contributed by atoms with E-state index in [1.165, 1.54) is 5.56 Å². The Balaban J connectivity index is 1.88. The smallest absolute Gasteiger partial charge is 0.253 e. The number of hydrogen-bond acceptors (Lipinski definition) is 2. The van der Waals surface area contributed by atoms with Crippen LogP contribution in [0.5, 0.6) is 0 Å². The van der Waals surface area contributed by atoms with Gasteiger partial charge in [0.05, 0.1) is 11.3 Å². The van der Waals surface area contributed by atoms with Crippen LogP contribution in [-0.2, 0) is 12.8 Å². The van der Waals surface area contributed by atoms with E-state index in [1.54, 1.807) is 12.4 Å². The first-order chi connectivity index (χ1) is 12.0. The topological polar surface area (TPSA) is 57.8 Å². The van der Waals surface area contributed by atoms with Crippen molar-refractivity contribution < 1.29 is 4.79 Å². The molecule has 1 aliphatic rings. The fourth-order valence-electron chi connectivity index (χ4n) is 3.60. The predicted molar refractivity (Wildman–Crippen MR) is 98.5 cm³/mol. The zero-order valence-electron chi connectivity index (χ0n) is 14.5. The van der Waals surface area contributed by atoms with Gasteiger partial charge in [0.2, 0.25) is 0 Å². The van der Waals surface area contributed by atoms with Crippen molar-refractivity contribution in [2.24, 2.45) is 0 Å². The molecule has 0 spiro atoms. The molecule has 0 fully saturated rings. The van der Waals surface area contributed by atoms with Gasteiger partial charge in [-0.05, 0) is 37.1 Å². The van der Waals surface area contributed by atoms with E-state index in [1.807, 2.05) is 30.3 Å². The van der Waals surface area contributed by atoms with E-state index >= 15 is 0 Å². The van der Waals surface area contributed by atoms with Crippen molar-refractivity contribution in [3.63, 3.8) is 0 Å². The Labute approximate surface area is 147 Å². The second-order valence-corrected chi connectivity index (χ2v) is 7.25. The van der Waals surface area contributed by atoms with Gasteiger partial charge in [0, 0.05) is 42.0 Å². The third kappa shape index (κ3) is 2.95. The summed E-state index contributed by atoms with van der Waals surface area (Å²) >= 11 is 0. The monoisotopic (exact) mass is 331 g/mol. The fraction of sp³-hybridized carbons (Fsp3) is 0.238. The molecule has 2 N–H and O–H groups in total. The molecule has 0 unspecified atom stereocenters. The van der Waals surface area contributed by atoms with E-state index in [2.05, 4.69) is 41.3 Å². The number of amides is 1. The zero-order chi connectivity index (χ0) is 17.4. The summed E-state index contributed by atoms with van der Waals surface area (Å²) in [5.41, 5.74) is 5.90. The van der Waals surface area contributed by atoms with E-state index in [0.29, 0.717) is 0 Å². The Kier molecular flexibility index (Phi) is 3.68. The Morgan fingerprint density at radius 2 is 1.80 bits per heavy atom. The first kappa shape index (κ1) is 15.6. The maximum absolute atomic E-state index is 12.8. The molecule has 4 heteroatoms. The van der Waals surface area contributed by atoms with Crippen molar-refractivity contribution in [1.29, 1.82) is 0 Å². The Bertz CT molecular complexity index is 911. The number of rotatable bonds is 3. The summed E-state index contributed by atoms with van der Waals surface area (Å²) in [6, 6.07) is 14.2. The van der Waals surface area contributed by atoms with Crippen LogP contribution >= 0.6 is 0 Å². The van der Waals surface area contributed by atoms with Crippen LogP contribution in [0.15, 0.2) is 54.9 Å². The molecule has 1 amide bonds. The third-order valence-electron chi connectivity index (χ3n) is 4.67. The average Bonchev–Trinajstić information content (AvgIpc) is 2.93. The van der Waals surface area contributed by atoms with Crippen molar-refractivity contribution >= 4 is 5.91 Å². The number of pyridine rings is 1. The molecule has 0 saturated heterocycles. The van der Waals surface area contributed by atoms with Crippen molar-refractivity contribution in [2.45, 2.75) is 32.2 Å². The Morgan fingerprint density at radius 1 is 1.08 bits per heavy atom. The molecular weight excluding hydrogens is 310 g/mol. The number of aromatic nitrogens is 2. The van der Waals surface area contributed by atoms with Crippen molar-refractivity contribution in [1.82, 2.24) is 15.3 Å². The van der Waals surface area contributed by atoms with Crippen LogP contribution in [0.2, 0.25) is 0 Å². The maximum Gasteiger partial charge on any atom is 0.253 e. The van der Waals surface area contributed by atoms with Crippen molar-refractivity contribution in [3.8, 4) is 11.3 Å². The summed E-state index contributed by atoms with van der Waals surface area (Å²) in [7, 11) is 0. The quantitative estimate of drug-likeness (QED) is 0.768. The van der Waals surface area contributed by atoms with Crippen LogP contribution in [0, 0.1) is 0 Å². The number of nitrogens with zero attached hydrogens (tertiary/aromatic N) is 1. The highest BCUT2D eigenvalue weighted by Gasteiger charge is 2.34. The highest BCUT2D eigenvalue weighted by molar-refractivity contribution is 6.00. The van der Waals surface area contributed by atoms with Gasteiger partial charge in [-0.3, -0.25) is 9.78 Å². The number of carbonyl (C=O) groups is 1. The Hall–Kier alpha value is -2.88. The fourth-order valence-corrected chi connectivity index (χ4v) is 3.60. The van der Waals surface area contributed by atoms with Crippen LogP contribution in [0.4, 0.5) is 0 Å². The maximum atomic E-state index is 12.8. The molecule has 0 bridgehead atoms. The molecule has 0 aliphatic carbocycles. The molecule has 2 aromatic heterocycles. The van der Waals surface area contributed by atoms with Gasteiger partial charge in [-0.2, -0.15) is 0 Å². The number of fused-ring (bicyclic) bond motifs is 1. The van der Waals surface area contributed by atoms with Crippen molar-refractivity contribution in [3.05, 3.63) is 77.2 Å². The van der Waals surface area contributed by atoms with E-state index in [4.69, 9.17) is 0 Å². The summed E-state index contributed by atoms with van der Waals surface area (Å²) in [4.78, 5) is 20.5. The molecule has 0 radical (unpaired) electrons. The molecule has 3 aromatic rings. The number of hydrogen-bond donors (Lipinski definition) is 2. The lowest BCUT2D eigenvalue weighted by Gasteiger charge is -2.31. The van der Waals surface area contributed by atoms with E-state index in [0.717, 1.165) is 40.9 Å². The molecule has 4 nitrogen and oxygen atoms in total. The number of nitrogens with one attached hydrogen (secondary N) is 2. The van der Waals surface area contributed by atoms with Gasteiger partial charge < -0.3 is 10.3 Å². The largest absolute Gasteiger partial charge is 0.357 e. The van der Waals surface area contributed by atoms with E-state index in [9.17, 15) is 4.79 Å². The minimum atomic E-state index is -0.242. The predicted octanol–water partition coefficient (Wildman–Crippen LogP) is 3.73. The normalized spacial score (nSPS) is 15.5. The van der Waals surface area contributed by atoms with Gasteiger partial charge in [-0.15, -0.1) is 0 Å². The summed E-state index contributed by atoms with van der Waals surface area (Å²) in [5, 5.41) is 3.13. The minimum absolute atomic E-state index is 0.00809. The van der Waals surface area contributed by atoms with Crippen LogP contribution < -0.4 is 5.32 Å².